The van der Waals surface area contributed by atoms with Crippen LogP contribution in [0, 0.1) is 13.8 Å². The average Bonchev–Trinajstić information content (AvgIpc) is 2.63. The first-order valence-electron chi connectivity index (χ1n) is 9.01. The van der Waals surface area contributed by atoms with Crippen molar-refractivity contribution in [3.8, 4) is 0 Å². The number of nitrogens with zero attached hydrogens (tertiary/aromatic N) is 4. The highest BCUT2D eigenvalue weighted by Crippen LogP contribution is 2.25. The zero-order valence-corrected chi connectivity index (χ0v) is 16.0. The summed E-state index contributed by atoms with van der Waals surface area (Å²) in [4.78, 5) is 13.9. The van der Waals surface area contributed by atoms with Crippen molar-refractivity contribution < 1.29 is 0 Å². The molecule has 0 fully saturated rings. The Morgan fingerprint density at radius 1 is 0.885 bits per heavy atom. The van der Waals surface area contributed by atoms with Gasteiger partial charge in [0.25, 0.3) is 0 Å². The smallest absolute Gasteiger partial charge is 0.232 e. The van der Waals surface area contributed by atoms with Crippen molar-refractivity contribution in [2.75, 3.05) is 23.4 Å². The third kappa shape index (κ3) is 4.20. The van der Waals surface area contributed by atoms with Gasteiger partial charge in [0.15, 0.2) is 0 Å². The van der Waals surface area contributed by atoms with Crippen LogP contribution in [0.15, 0.2) is 60.7 Å². The van der Waals surface area contributed by atoms with E-state index in [4.69, 9.17) is 4.98 Å². The van der Waals surface area contributed by atoms with Crippen LogP contribution in [0.1, 0.15) is 23.7 Å². The largest absolute Gasteiger partial charge is 0.355 e. The molecule has 4 heteroatoms. The van der Waals surface area contributed by atoms with E-state index in [1.54, 1.807) is 0 Å². The molecule has 0 radical (unpaired) electrons. The summed E-state index contributed by atoms with van der Waals surface area (Å²) in [5.41, 5.74) is 4.58. The highest BCUT2D eigenvalue weighted by Gasteiger charge is 2.14. The van der Waals surface area contributed by atoms with Gasteiger partial charge < -0.3 is 9.80 Å². The van der Waals surface area contributed by atoms with Gasteiger partial charge in [-0.2, -0.15) is 4.98 Å². The topological polar surface area (TPSA) is 32.3 Å². The first-order valence-corrected chi connectivity index (χ1v) is 9.01. The lowest BCUT2D eigenvalue weighted by Crippen LogP contribution is -2.23. The summed E-state index contributed by atoms with van der Waals surface area (Å²) < 4.78 is 0. The van der Waals surface area contributed by atoms with Crippen LogP contribution in [0.5, 0.6) is 0 Å². The Morgan fingerprint density at radius 2 is 1.65 bits per heavy atom. The molecule has 134 valence electrons. The number of anilines is 3. The highest BCUT2D eigenvalue weighted by atomic mass is 15.3. The molecule has 0 saturated heterocycles. The van der Waals surface area contributed by atoms with Crippen molar-refractivity contribution in [2.45, 2.75) is 27.3 Å². The van der Waals surface area contributed by atoms with Gasteiger partial charge in [0.1, 0.15) is 5.82 Å². The van der Waals surface area contributed by atoms with Crippen LogP contribution in [0.4, 0.5) is 17.5 Å². The Labute approximate surface area is 156 Å². The van der Waals surface area contributed by atoms with Crippen molar-refractivity contribution in [2.24, 2.45) is 0 Å². The molecule has 1 aromatic heterocycles. The monoisotopic (exact) mass is 346 g/mol. The second-order valence-electron chi connectivity index (χ2n) is 6.59. The zero-order valence-electron chi connectivity index (χ0n) is 16.0. The fraction of sp³-hybridized carbons (Fsp3) is 0.273. The van der Waals surface area contributed by atoms with Gasteiger partial charge in [-0.05, 0) is 44.0 Å². The minimum absolute atomic E-state index is 0.744. The fourth-order valence-corrected chi connectivity index (χ4v) is 3.03. The van der Waals surface area contributed by atoms with E-state index in [-0.39, 0.29) is 0 Å². The number of benzene rings is 2. The van der Waals surface area contributed by atoms with Gasteiger partial charge in [-0.3, -0.25) is 0 Å². The van der Waals surface area contributed by atoms with Gasteiger partial charge in [-0.15, -0.1) is 0 Å². The molecule has 0 N–H and O–H groups in total. The molecule has 0 unspecified atom stereocenters. The fourth-order valence-electron chi connectivity index (χ4n) is 3.03. The normalized spacial score (nSPS) is 10.6. The van der Waals surface area contributed by atoms with Crippen LogP contribution in [0.2, 0.25) is 0 Å². The van der Waals surface area contributed by atoms with E-state index in [1.165, 1.54) is 11.1 Å². The molecule has 0 aliphatic rings. The van der Waals surface area contributed by atoms with Crippen LogP contribution in [0.25, 0.3) is 0 Å². The summed E-state index contributed by atoms with van der Waals surface area (Å²) in [5.74, 6) is 1.68. The van der Waals surface area contributed by atoms with E-state index in [2.05, 4.69) is 84.2 Å². The summed E-state index contributed by atoms with van der Waals surface area (Å²) in [6.07, 6.45) is 0. The molecule has 0 atom stereocenters. The van der Waals surface area contributed by atoms with Crippen LogP contribution >= 0.6 is 0 Å². The van der Waals surface area contributed by atoms with Crippen molar-refractivity contribution in [3.05, 3.63) is 77.5 Å². The molecule has 26 heavy (non-hydrogen) atoms. The molecule has 4 nitrogen and oxygen atoms in total. The Kier molecular flexibility index (Phi) is 5.52. The van der Waals surface area contributed by atoms with Crippen molar-refractivity contribution in [1.82, 2.24) is 9.97 Å². The van der Waals surface area contributed by atoms with E-state index in [1.807, 2.05) is 19.1 Å². The van der Waals surface area contributed by atoms with E-state index in [9.17, 15) is 0 Å². The van der Waals surface area contributed by atoms with Gasteiger partial charge in [-0.1, -0.05) is 42.5 Å². The van der Waals surface area contributed by atoms with Crippen LogP contribution in [-0.2, 0) is 6.54 Å². The SMILES string of the molecule is CCN(c1cccc(C)c1)c1nc(C)cc(N(C)Cc2ccccc2)n1. The predicted molar refractivity (Wildman–Crippen MR) is 109 cm³/mol. The number of aryl methyl sites for hydroxylation is 2. The molecule has 0 amide bonds. The highest BCUT2D eigenvalue weighted by molar-refractivity contribution is 5.60. The summed E-state index contributed by atoms with van der Waals surface area (Å²) in [6.45, 7) is 7.88. The van der Waals surface area contributed by atoms with Gasteiger partial charge in [0.05, 0.1) is 0 Å². The molecular weight excluding hydrogens is 320 g/mol. The maximum absolute atomic E-state index is 4.85. The summed E-state index contributed by atoms with van der Waals surface area (Å²) >= 11 is 0. The van der Waals surface area contributed by atoms with Gasteiger partial charge >= 0.3 is 0 Å². The summed E-state index contributed by atoms with van der Waals surface area (Å²) in [6, 6.07) is 20.9. The van der Waals surface area contributed by atoms with Crippen LogP contribution in [-0.4, -0.2) is 23.6 Å². The first-order chi connectivity index (χ1) is 12.6. The molecule has 0 aliphatic carbocycles. The first kappa shape index (κ1) is 17.9. The third-order valence-corrected chi connectivity index (χ3v) is 4.35. The van der Waals surface area contributed by atoms with Gasteiger partial charge in [-0.25, -0.2) is 4.98 Å². The minimum Gasteiger partial charge on any atom is -0.355 e. The number of hydrogen-bond donors (Lipinski definition) is 0. The van der Waals surface area contributed by atoms with E-state index >= 15 is 0 Å². The lowest BCUT2D eigenvalue weighted by atomic mass is 10.2. The number of aromatic nitrogens is 2. The standard InChI is InChI=1S/C22H26N4/c1-5-26(20-13-9-10-17(2)14-20)22-23-18(3)15-21(24-22)25(4)16-19-11-7-6-8-12-19/h6-15H,5,16H2,1-4H3. The summed E-state index contributed by atoms with van der Waals surface area (Å²) in [5, 5.41) is 0. The quantitative estimate of drug-likeness (QED) is 0.636. The average molecular weight is 346 g/mol. The van der Waals surface area contributed by atoms with E-state index < -0.39 is 0 Å². The lowest BCUT2D eigenvalue weighted by molar-refractivity contribution is 0.867. The summed E-state index contributed by atoms with van der Waals surface area (Å²) in [7, 11) is 2.07. The molecule has 1 heterocycles. The van der Waals surface area contributed by atoms with Crippen LogP contribution < -0.4 is 9.80 Å². The Morgan fingerprint density at radius 3 is 2.35 bits per heavy atom. The maximum atomic E-state index is 4.85. The molecule has 0 bridgehead atoms. The van der Waals surface area contributed by atoms with E-state index in [0.717, 1.165) is 36.2 Å². The lowest BCUT2D eigenvalue weighted by Gasteiger charge is -2.24. The number of hydrogen-bond acceptors (Lipinski definition) is 4. The second-order valence-corrected chi connectivity index (χ2v) is 6.59. The Hall–Kier alpha value is -2.88. The van der Waals surface area contributed by atoms with Crippen LogP contribution in [0.3, 0.4) is 0 Å². The molecule has 3 rings (SSSR count). The third-order valence-electron chi connectivity index (χ3n) is 4.35. The van der Waals surface area contributed by atoms with Gasteiger partial charge in [0, 0.05) is 37.6 Å². The van der Waals surface area contributed by atoms with Crippen molar-refractivity contribution >= 4 is 17.5 Å². The van der Waals surface area contributed by atoms with Gasteiger partial charge in [0.2, 0.25) is 5.95 Å². The zero-order chi connectivity index (χ0) is 18.5. The maximum Gasteiger partial charge on any atom is 0.232 e. The molecule has 2 aromatic carbocycles. The molecule has 0 saturated carbocycles. The Bertz CT molecular complexity index is 861. The molecule has 0 aliphatic heterocycles. The van der Waals surface area contributed by atoms with E-state index in [0.29, 0.717) is 0 Å². The number of rotatable bonds is 6. The molecular formula is C22H26N4. The predicted octanol–water partition coefficient (Wildman–Crippen LogP) is 4.89. The van der Waals surface area contributed by atoms with Crippen molar-refractivity contribution in [3.63, 3.8) is 0 Å². The Balaban J connectivity index is 1.91. The minimum atomic E-state index is 0.744. The second kappa shape index (κ2) is 8.00. The van der Waals surface area contributed by atoms with Crippen molar-refractivity contribution in [1.29, 1.82) is 0 Å². The molecule has 0 spiro atoms. The molecule has 3 aromatic rings.